The molecule has 5 nitrogen and oxygen atoms in total. The Morgan fingerprint density at radius 2 is 2.07 bits per heavy atom. The van der Waals surface area contributed by atoms with Crippen LogP contribution >= 0.6 is 0 Å². The minimum Gasteiger partial charge on any atom is -0.328 e. The van der Waals surface area contributed by atoms with Gasteiger partial charge in [0.05, 0.1) is 0 Å². The maximum absolute atomic E-state index is 12.4. The van der Waals surface area contributed by atoms with E-state index in [9.17, 15) is 22.8 Å². The van der Waals surface area contributed by atoms with Gasteiger partial charge in [0.1, 0.15) is 6.04 Å². The molecule has 0 saturated heterocycles. The molecule has 8 heteroatoms. The SMILES string of the molecule is NCC(n1ccc(=O)[nH]c1=O)C(F)(F)F. The highest BCUT2D eigenvalue weighted by molar-refractivity contribution is 4.88. The minimum absolute atomic E-state index is 0.349. The average molecular weight is 223 g/mol. The van der Waals surface area contributed by atoms with Crippen LogP contribution < -0.4 is 17.0 Å². The fourth-order valence-corrected chi connectivity index (χ4v) is 1.08. The summed E-state index contributed by atoms with van der Waals surface area (Å²) in [5.41, 5.74) is 3.04. The van der Waals surface area contributed by atoms with Gasteiger partial charge in [-0.3, -0.25) is 14.3 Å². The molecule has 1 atom stereocenters. The maximum Gasteiger partial charge on any atom is 0.410 e. The monoisotopic (exact) mass is 223 g/mol. The van der Waals surface area contributed by atoms with Crippen molar-refractivity contribution in [3.05, 3.63) is 33.1 Å². The molecule has 3 N–H and O–H groups in total. The van der Waals surface area contributed by atoms with Gasteiger partial charge in [-0.1, -0.05) is 0 Å². The first-order valence-electron chi connectivity index (χ1n) is 3.94. The standard InChI is InChI=1S/C7H8F3N3O2/c8-7(9,10)4(3-11)13-2-1-5(14)12-6(13)15/h1-2,4H,3,11H2,(H,12,14,15). The van der Waals surface area contributed by atoms with Crippen LogP contribution in [0.1, 0.15) is 6.04 Å². The zero-order valence-electron chi connectivity index (χ0n) is 7.41. The Kier molecular flexibility index (Phi) is 2.98. The lowest BCUT2D eigenvalue weighted by atomic mass is 10.3. The van der Waals surface area contributed by atoms with Crippen LogP contribution in [0.25, 0.3) is 0 Å². The number of hydrogen-bond donors (Lipinski definition) is 2. The smallest absolute Gasteiger partial charge is 0.328 e. The van der Waals surface area contributed by atoms with Gasteiger partial charge in [-0.25, -0.2) is 4.79 Å². The van der Waals surface area contributed by atoms with Crippen LogP contribution in [0.5, 0.6) is 0 Å². The summed E-state index contributed by atoms with van der Waals surface area (Å²) in [6.07, 6.45) is -3.86. The number of aromatic amines is 1. The molecule has 0 amide bonds. The summed E-state index contributed by atoms with van der Waals surface area (Å²) in [6.45, 7) is -0.768. The van der Waals surface area contributed by atoms with Crippen molar-refractivity contribution in [3.63, 3.8) is 0 Å². The molecule has 0 aliphatic rings. The molecule has 0 saturated carbocycles. The molecule has 0 fully saturated rings. The normalized spacial score (nSPS) is 13.9. The molecule has 1 rings (SSSR count). The van der Waals surface area contributed by atoms with Crippen molar-refractivity contribution >= 4 is 0 Å². The van der Waals surface area contributed by atoms with E-state index < -0.39 is 30.0 Å². The van der Waals surface area contributed by atoms with E-state index in [1.807, 2.05) is 0 Å². The van der Waals surface area contributed by atoms with Crippen molar-refractivity contribution < 1.29 is 13.2 Å². The Labute approximate surface area is 81.3 Å². The molecule has 0 aliphatic carbocycles. The van der Waals surface area contributed by atoms with Crippen LogP contribution in [-0.2, 0) is 0 Å². The lowest BCUT2D eigenvalue weighted by molar-refractivity contribution is -0.165. The van der Waals surface area contributed by atoms with E-state index in [1.54, 1.807) is 4.98 Å². The number of nitrogens with one attached hydrogen (secondary N) is 1. The van der Waals surface area contributed by atoms with Crippen LogP contribution in [0, 0.1) is 0 Å². The first kappa shape index (κ1) is 11.5. The Hall–Kier alpha value is -1.57. The number of nitrogens with two attached hydrogens (primary N) is 1. The number of aromatic nitrogens is 2. The predicted molar refractivity (Wildman–Crippen MR) is 45.5 cm³/mol. The number of H-pyrrole nitrogens is 1. The predicted octanol–water partition coefficient (Wildman–Crippen LogP) is -0.401. The fraction of sp³-hybridized carbons (Fsp3) is 0.429. The summed E-state index contributed by atoms with van der Waals surface area (Å²) in [5, 5.41) is 0. The zero-order valence-corrected chi connectivity index (χ0v) is 7.41. The second-order valence-electron chi connectivity index (χ2n) is 2.81. The second-order valence-corrected chi connectivity index (χ2v) is 2.81. The molecule has 84 valence electrons. The summed E-state index contributed by atoms with van der Waals surface area (Å²) >= 11 is 0. The van der Waals surface area contributed by atoms with Crippen molar-refractivity contribution in [1.82, 2.24) is 9.55 Å². The van der Waals surface area contributed by atoms with Crippen molar-refractivity contribution in [2.75, 3.05) is 6.54 Å². The highest BCUT2D eigenvalue weighted by atomic mass is 19.4. The van der Waals surface area contributed by atoms with E-state index in [2.05, 4.69) is 0 Å². The highest BCUT2D eigenvalue weighted by Crippen LogP contribution is 2.27. The Morgan fingerprint density at radius 1 is 1.47 bits per heavy atom. The van der Waals surface area contributed by atoms with E-state index >= 15 is 0 Å². The van der Waals surface area contributed by atoms with Gasteiger partial charge in [0.25, 0.3) is 5.56 Å². The topological polar surface area (TPSA) is 80.9 Å². The third kappa shape index (κ3) is 2.46. The van der Waals surface area contributed by atoms with Gasteiger partial charge in [-0.05, 0) is 0 Å². The van der Waals surface area contributed by atoms with Gasteiger partial charge in [0, 0.05) is 18.8 Å². The molecule has 1 aromatic heterocycles. The third-order valence-corrected chi connectivity index (χ3v) is 1.79. The van der Waals surface area contributed by atoms with Crippen LogP contribution in [0.15, 0.2) is 21.9 Å². The Bertz CT molecular complexity index is 448. The Morgan fingerprint density at radius 3 is 2.47 bits per heavy atom. The minimum atomic E-state index is -4.63. The molecular weight excluding hydrogens is 215 g/mol. The number of rotatable bonds is 2. The van der Waals surface area contributed by atoms with Crippen LogP contribution in [-0.4, -0.2) is 22.3 Å². The number of hydrogen-bond acceptors (Lipinski definition) is 3. The van der Waals surface area contributed by atoms with Gasteiger partial charge in [0.2, 0.25) is 0 Å². The van der Waals surface area contributed by atoms with Gasteiger partial charge in [-0.2, -0.15) is 13.2 Å². The van der Waals surface area contributed by atoms with Crippen molar-refractivity contribution in [3.8, 4) is 0 Å². The lowest BCUT2D eigenvalue weighted by Gasteiger charge is -2.20. The van der Waals surface area contributed by atoms with Crippen molar-refractivity contribution in [1.29, 1.82) is 0 Å². The van der Waals surface area contributed by atoms with Crippen LogP contribution in [0.3, 0.4) is 0 Å². The quantitative estimate of drug-likeness (QED) is 0.715. The highest BCUT2D eigenvalue weighted by Gasteiger charge is 2.40. The summed E-state index contributed by atoms with van der Waals surface area (Å²) in [7, 11) is 0. The van der Waals surface area contributed by atoms with E-state index in [0.717, 1.165) is 12.3 Å². The van der Waals surface area contributed by atoms with Crippen LogP contribution in [0.2, 0.25) is 0 Å². The number of alkyl halides is 3. The molecule has 0 bridgehead atoms. The molecular formula is C7H8F3N3O2. The zero-order chi connectivity index (χ0) is 11.6. The van der Waals surface area contributed by atoms with Crippen LogP contribution in [0.4, 0.5) is 13.2 Å². The summed E-state index contributed by atoms with van der Waals surface area (Å²) in [5.74, 6) is 0. The molecule has 1 aromatic rings. The Balaban J connectivity index is 3.26. The lowest BCUT2D eigenvalue weighted by Crippen LogP contribution is -2.41. The van der Waals surface area contributed by atoms with Gasteiger partial charge in [-0.15, -0.1) is 0 Å². The number of nitrogens with zero attached hydrogens (tertiary/aromatic N) is 1. The summed E-state index contributed by atoms with van der Waals surface area (Å²) in [6, 6.07) is -1.29. The van der Waals surface area contributed by atoms with E-state index in [0.29, 0.717) is 4.57 Å². The molecule has 0 aromatic carbocycles. The van der Waals surface area contributed by atoms with Crippen molar-refractivity contribution in [2.45, 2.75) is 12.2 Å². The number of halogens is 3. The second kappa shape index (κ2) is 3.89. The van der Waals surface area contributed by atoms with Gasteiger partial charge in [0.15, 0.2) is 0 Å². The fourth-order valence-electron chi connectivity index (χ4n) is 1.08. The van der Waals surface area contributed by atoms with Gasteiger partial charge >= 0.3 is 11.9 Å². The largest absolute Gasteiger partial charge is 0.410 e. The first-order chi connectivity index (χ1) is 6.86. The summed E-state index contributed by atoms with van der Waals surface area (Å²) in [4.78, 5) is 23.4. The molecule has 0 radical (unpaired) electrons. The molecule has 1 heterocycles. The summed E-state index contributed by atoms with van der Waals surface area (Å²) < 4.78 is 37.4. The molecule has 1 unspecified atom stereocenters. The average Bonchev–Trinajstić information content (AvgIpc) is 2.07. The molecule has 0 aliphatic heterocycles. The third-order valence-electron chi connectivity index (χ3n) is 1.79. The first-order valence-corrected chi connectivity index (χ1v) is 3.94. The van der Waals surface area contributed by atoms with E-state index in [4.69, 9.17) is 5.73 Å². The van der Waals surface area contributed by atoms with Crippen molar-refractivity contribution in [2.24, 2.45) is 5.73 Å². The molecule has 0 spiro atoms. The van der Waals surface area contributed by atoms with E-state index in [1.165, 1.54) is 0 Å². The van der Waals surface area contributed by atoms with Gasteiger partial charge < -0.3 is 5.73 Å². The maximum atomic E-state index is 12.4. The van der Waals surface area contributed by atoms with E-state index in [-0.39, 0.29) is 0 Å². The molecule has 15 heavy (non-hydrogen) atoms.